The third kappa shape index (κ3) is 3.45. The molecular formula is C23H25N3OS. The van der Waals surface area contributed by atoms with Crippen molar-refractivity contribution in [2.75, 3.05) is 26.2 Å². The second-order valence-electron chi connectivity index (χ2n) is 7.87. The van der Waals surface area contributed by atoms with Crippen molar-refractivity contribution in [1.82, 2.24) is 14.8 Å². The Morgan fingerprint density at radius 2 is 1.79 bits per heavy atom. The lowest BCUT2D eigenvalue weighted by molar-refractivity contribution is 0.0709. The molecule has 0 unspecified atom stereocenters. The summed E-state index contributed by atoms with van der Waals surface area (Å²) >= 11 is 1.70. The number of fused-ring (bicyclic) bond motifs is 1. The monoisotopic (exact) mass is 391 g/mol. The van der Waals surface area contributed by atoms with Crippen LogP contribution in [-0.4, -0.2) is 52.9 Å². The van der Waals surface area contributed by atoms with Crippen LogP contribution in [0.15, 0.2) is 48.5 Å². The topological polar surface area (TPSA) is 36.4 Å². The van der Waals surface area contributed by atoms with Gasteiger partial charge in [-0.2, -0.15) is 0 Å². The smallest absolute Gasteiger partial charge is 0.254 e. The number of hydrogen-bond acceptors (Lipinski definition) is 4. The maximum atomic E-state index is 13.1. The summed E-state index contributed by atoms with van der Waals surface area (Å²) in [7, 11) is 0. The summed E-state index contributed by atoms with van der Waals surface area (Å²) in [5.74, 6) is 0.178. The van der Waals surface area contributed by atoms with Gasteiger partial charge >= 0.3 is 0 Å². The highest BCUT2D eigenvalue weighted by molar-refractivity contribution is 7.21. The highest BCUT2D eigenvalue weighted by atomic mass is 32.1. The fraction of sp³-hybridized carbons (Fsp3) is 0.391. The lowest BCUT2D eigenvalue weighted by Gasteiger charge is -2.28. The Morgan fingerprint density at radius 3 is 2.57 bits per heavy atom. The second kappa shape index (κ2) is 7.64. The fourth-order valence-corrected chi connectivity index (χ4v) is 5.44. The van der Waals surface area contributed by atoms with E-state index >= 15 is 0 Å². The van der Waals surface area contributed by atoms with Crippen molar-refractivity contribution in [2.24, 2.45) is 0 Å². The first-order valence-electron chi connectivity index (χ1n) is 10.3. The minimum atomic E-state index is 0.178. The van der Waals surface area contributed by atoms with E-state index in [9.17, 15) is 4.79 Å². The molecule has 1 atom stereocenters. The molecule has 5 rings (SSSR count). The van der Waals surface area contributed by atoms with E-state index in [1.54, 1.807) is 11.3 Å². The minimum absolute atomic E-state index is 0.178. The molecule has 28 heavy (non-hydrogen) atoms. The number of likely N-dealkylation sites (tertiary alicyclic amines) is 2. The Bertz CT molecular complexity index is 942. The van der Waals surface area contributed by atoms with E-state index in [0.717, 1.165) is 47.6 Å². The van der Waals surface area contributed by atoms with E-state index in [-0.39, 0.29) is 5.91 Å². The molecule has 0 radical (unpaired) electrons. The average Bonchev–Trinajstić information content (AvgIpc) is 3.48. The molecule has 4 nitrogen and oxygen atoms in total. The molecule has 2 aromatic carbocycles. The van der Waals surface area contributed by atoms with E-state index in [2.05, 4.69) is 15.9 Å². The molecule has 0 aliphatic carbocycles. The number of hydrogen-bond donors (Lipinski definition) is 0. The van der Waals surface area contributed by atoms with Crippen molar-refractivity contribution in [1.29, 1.82) is 0 Å². The molecule has 0 saturated carbocycles. The van der Waals surface area contributed by atoms with Crippen LogP contribution in [0.2, 0.25) is 0 Å². The number of benzene rings is 2. The molecule has 2 saturated heterocycles. The van der Waals surface area contributed by atoms with E-state index in [0.29, 0.717) is 6.04 Å². The Hall–Kier alpha value is -2.24. The summed E-state index contributed by atoms with van der Waals surface area (Å²) in [5.41, 5.74) is 2.90. The van der Waals surface area contributed by atoms with Crippen LogP contribution in [0.1, 0.15) is 36.0 Å². The Kier molecular flexibility index (Phi) is 4.87. The van der Waals surface area contributed by atoms with Gasteiger partial charge in [-0.1, -0.05) is 24.3 Å². The number of nitrogens with zero attached hydrogens (tertiary/aromatic N) is 3. The standard InChI is InChI=1S/C23H25N3OS/c27-23(26-15-5-6-19(26)16-25-13-3-4-14-25)18-11-9-17(10-12-18)22-24-20-7-1-2-8-21(20)28-22/h1-2,7-12,19H,3-6,13-16H2/t19-/m0/s1. The normalized spacial score (nSPS) is 20.3. The van der Waals surface area contributed by atoms with Gasteiger partial charge in [-0.25, -0.2) is 4.98 Å². The Labute approximate surface area is 169 Å². The molecule has 1 amide bonds. The molecule has 2 aliphatic rings. The highest BCUT2D eigenvalue weighted by Crippen LogP contribution is 2.30. The van der Waals surface area contributed by atoms with E-state index in [4.69, 9.17) is 4.98 Å². The summed E-state index contributed by atoms with van der Waals surface area (Å²) in [6, 6.07) is 16.6. The van der Waals surface area contributed by atoms with Crippen molar-refractivity contribution in [3.05, 3.63) is 54.1 Å². The number of para-hydroxylation sites is 1. The first-order valence-corrected chi connectivity index (χ1v) is 11.1. The van der Waals surface area contributed by atoms with Crippen LogP contribution in [0.5, 0.6) is 0 Å². The van der Waals surface area contributed by atoms with E-state index in [1.807, 2.05) is 42.5 Å². The van der Waals surface area contributed by atoms with Crippen LogP contribution in [0.25, 0.3) is 20.8 Å². The number of rotatable bonds is 4. The summed E-state index contributed by atoms with van der Waals surface area (Å²) < 4.78 is 1.19. The molecule has 5 heteroatoms. The summed E-state index contributed by atoms with van der Waals surface area (Å²) in [4.78, 5) is 22.5. The van der Waals surface area contributed by atoms with Gasteiger partial charge in [-0.15, -0.1) is 11.3 Å². The van der Waals surface area contributed by atoms with Gasteiger partial charge in [0.25, 0.3) is 5.91 Å². The molecule has 1 aromatic heterocycles. The Balaban J connectivity index is 1.32. The number of thiazole rings is 1. The third-order valence-corrected chi connectivity index (χ3v) is 7.06. The fourth-order valence-electron chi connectivity index (χ4n) is 4.47. The SMILES string of the molecule is O=C(c1ccc(-c2nc3ccccc3s2)cc1)N1CCC[C@H]1CN1CCCC1. The number of amides is 1. The molecule has 0 bridgehead atoms. The quantitative estimate of drug-likeness (QED) is 0.649. The average molecular weight is 392 g/mol. The van der Waals surface area contributed by atoms with Gasteiger partial charge in [0.15, 0.2) is 0 Å². The van der Waals surface area contributed by atoms with E-state index in [1.165, 1.54) is 30.6 Å². The molecule has 2 aliphatic heterocycles. The van der Waals surface area contributed by atoms with Crippen LogP contribution in [-0.2, 0) is 0 Å². The van der Waals surface area contributed by atoms with Crippen molar-refractivity contribution in [3.63, 3.8) is 0 Å². The van der Waals surface area contributed by atoms with Crippen molar-refractivity contribution >= 4 is 27.5 Å². The maximum absolute atomic E-state index is 13.1. The van der Waals surface area contributed by atoms with E-state index < -0.39 is 0 Å². The van der Waals surface area contributed by atoms with Crippen molar-refractivity contribution in [3.8, 4) is 10.6 Å². The Morgan fingerprint density at radius 1 is 1.00 bits per heavy atom. The van der Waals surface area contributed by atoms with Crippen molar-refractivity contribution in [2.45, 2.75) is 31.7 Å². The van der Waals surface area contributed by atoms with Gasteiger partial charge in [-0.05, 0) is 63.0 Å². The predicted octanol–water partition coefficient (Wildman–Crippen LogP) is 4.66. The zero-order valence-electron chi connectivity index (χ0n) is 16.0. The lowest BCUT2D eigenvalue weighted by Crippen LogP contribution is -2.42. The zero-order chi connectivity index (χ0) is 18.9. The van der Waals surface area contributed by atoms with Crippen LogP contribution in [0.3, 0.4) is 0 Å². The van der Waals surface area contributed by atoms with Crippen LogP contribution in [0.4, 0.5) is 0 Å². The van der Waals surface area contributed by atoms with Gasteiger partial charge in [-0.3, -0.25) is 4.79 Å². The van der Waals surface area contributed by atoms with Gasteiger partial charge < -0.3 is 9.80 Å². The molecule has 0 N–H and O–H groups in total. The second-order valence-corrected chi connectivity index (χ2v) is 8.90. The van der Waals surface area contributed by atoms with Gasteiger partial charge in [0, 0.05) is 30.3 Å². The molecule has 2 fully saturated rings. The maximum Gasteiger partial charge on any atom is 0.254 e. The van der Waals surface area contributed by atoms with Crippen LogP contribution < -0.4 is 0 Å². The van der Waals surface area contributed by atoms with Crippen LogP contribution in [0, 0.1) is 0 Å². The lowest BCUT2D eigenvalue weighted by atomic mass is 10.1. The van der Waals surface area contributed by atoms with Crippen LogP contribution >= 0.6 is 11.3 Å². The van der Waals surface area contributed by atoms with Crippen molar-refractivity contribution < 1.29 is 4.79 Å². The van der Waals surface area contributed by atoms with Gasteiger partial charge in [0.2, 0.25) is 0 Å². The summed E-state index contributed by atoms with van der Waals surface area (Å²) in [6.07, 6.45) is 4.85. The first kappa shape index (κ1) is 17.8. The molecule has 3 heterocycles. The summed E-state index contributed by atoms with van der Waals surface area (Å²) in [6.45, 7) is 4.30. The number of aromatic nitrogens is 1. The molecular weight excluding hydrogens is 366 g/mol. The molecule has 144 valence electrons. The summed E-state index contributed by atoms with van der Waals surface area (Å²) in [5, 5.41) is 1.01. The number of carbonyl (C=O) groups excluding carboxylic acids is 1. The first-order chi connectivity index (χ1) is 13.8. The molecule has 3 aromatic rings. The highest BCUT2D eigenvalue weighted by Gasteiger charge is 2.31. The molecule has 0 spiro atoms. The predicted molar refractivity (Wildman–Crippen MR) is 115 cm³/mol. The third-order valence-electron chi connectivity index (χ3n) is 5.98. The largest absolute Gasteiger partial charge is 0.334 e. The minimum Gasteiger partial charge on any atom is -0.334 e. The zero-order valence-corrected chi connectivity index (χ0v) is 16.8. The number of carbonyl (C=O) groups is 1. The van der Waals surface area contributed by atoms with Gasteiger partial charge in [0.05, 0.1) is 10.2 Å². The van der Waals surface area contributed by atoms with Gasteiger partial charge in [0.1, 0.15) is 5.01 Å².